The van der Waals surface area contributed by atoms with Gasteiger partial charge < -0.3 is 0 Å². The van der Waals surface area contributed by atoms with Gasteiger partial charge in [-0.25, -0.2) is 0 Å². The van der Waals surface area contributed by atoms with Gasteiger partial charge in [-0.1, -0.05) is 53.7 Å². The molecule has 2 aromatic carbocycles. The lowest BCUT2D eigenvalue weighted by Crippen LogP contribution is -1.99. The lowest BCUT2D eigenvalue weighted by molar-refractivity contribution is 0.886. The number of thioether (sulfide) groups is 1. The smallest absolute Gasteiger partial charge is 0.196 e. The second-order valence-electron chi connectivity index (χ2n) is 5.63. The fourth-order valence-corrected chi connectivity index (χ4v) is 3.63. The van der Waals surface area contributed by atoms with Gasteiger partial charge >= 0.3 is 0 Å². The first-order chi connectivity index (χ1) is 12.8. The summed E-state index contributed by atoms with van der Waals surface area (Å²) in [4.78, 5) is 4.09. The molecule has 0 amide bonds. The van der Waals surface area contributed by atoms with Crippen LogP contribution in [0.15, 0.2) is 84.3 Å². The molecule has 0 atom stereocenters. The van der Waals surface area contributed by atoms with E-state index >= 15 is 0 Å². The second kappa shape index (κ2) is 7.72. The number of aromatic nitrogens is 4. The zero-order valence-corrected chi connectivity index (χ0v) is 15.4. The number of rotatable bonds is 5. The Labute approximate surface area is 160 Å². The molecule has 2 heterocycles. The third kappa shape index (κ3) is 3.64. The summed E-state index contributed by atoms with van der Waals surface area (Å²) < 4.78 is 2.05. The molecule has 0 saturated heterocycles. The highest BCUT2D eigenvalue weighted by molar-refractivity contribution is 7.98. The minimum absolute atomic E-state index is 0.700. The van der Waals surface area contributed by atoms with Crippen LogP contribution in [-0.4, -0.2) is 19.7 Å². The van der Waals surface area contributed by atoms with Gasteiger partial charge in [0.15, 0.2) is 11.0 Å². The van der Waals surface area contributed by atoms with Gasteiger partial charge in [-0.2, -0.15) is 0 Å². The Hall–Kier alpha value is -2.63. The molecule has 4 rings (SSSR count). The molecule has 4 nitrogen and oxygen atoms in total. The highest BCUT2D eigenvalue weighted by Gasteiger charge is 2.16. The molecule has 0 aliphatic heterocycles. The Morgan fingerprint density at radius 3 is 2.31 bits per heavy atom. The van der Waals surface area contributed by atoms with Gasteiger partial charge in [0.1, 0.15) is 0 Å². The van der Waals surface area contributed by atoms with Crippen molar-refractivity contribution in [2.24, 2.45) is 0 Å². The summed E-state index contributed by atoms with van der Waals surface area (Å²) in [6.07, 6.45) is 3.51. The number of hydrogen-bond donors (Lipinski definition) is 0. The summed E-state index contributed by atoms with van der Waals surface area (Å²) in [6.45, 7) is 0. The Bertz CT molecular complexity index is 986. The number of pyridine rings is 1. The molecule has 0 bridgehead atoms. The number of halogens is 1. The minimum Gasteiger partial charge on any atom is -0.270 e. The third-order valence-corrected chi connectivity index (χ3v) is 5.12. The van der Waals surface area contributed by atoms with Crippen LogP contribution >= 0.6 is 23.4 Å². The van der Waals surface area contributed by atoms with E-state index in [9.17, 15) is 0 Å². The molecule has 0 aliphatic rings. The second-order valence-corrected chi connectivity index (χ2v) is 7.01. The molecule has 26 heavy (non-hydrogen) atoms. The van der Waals surface area contributed by atoms with Crippen molar-refractivity contribution in [2.45, 2.75) is 10.9 Å². The normalized spacial score (nSPS) is 10.8. The maximum atomic E-state index is 6.06. The number of nitrogens with zero attached hydrogens (tertiary/aromatic N) is 4. The molecule has 0 radical (unpaired) electrons. The fraction of sp³-hybridized carbons (Fsp3) is 0.0500. The van der Waals surface area contributed by atoms with Crippen LogP contribution in [0.25, 0.3) is 17.1 Å². The lowest BCUT2D eigenvalue weighted by Gasteiger charge is -2.10. The van der Waals surface area contributed by atoms with Crippen LogP contribution in [-0.2, 0) is 5.75 Å². The molecule has 0 saturated carbocycles. The zero-order chi connectivity index (χ0) is 17.8. The lowest BCUT2D eigenvalue weighted by atomic mass is 10.2. The molecule has 0 fully saturated rings. The minimum atomic E-state index is 0.700. The van der Waals surface area contributed by atoms with E-state index in [2.05, 4.69) is 31.9 Å². The molecule has 0 spiro atoms. The van der Waals surface area contributed by atoms with Crippen LogP contribution in [0.2, 0.25) is 5.02 Å². The number of hydrogen-bond acceptors (Lipinski definition) is 4. The van der Waals surface area contributed by atoms with Crippen molar-refractivity contribution in [2.75, 3.05) is 0 Å². The van der Waals surface area contributed by atoms with Crippen LogP contribution in [0.1, 0.15) is 5.56 Å². The van der Waals surface area contributed by atoms with Crippen molar-refractivity contribution in [1.82, 2.24) is 19.7 Å². The van der Waals surface area contributed by atoms with Crippen molar-refractivity contribution in [3.8, 4) is 17.1 Å². The zero-order valence-electron chi connectivity index (χ0n) is 13.8. The van der Waals surface area contributed by atoms with Gasteiger partial charge in [-0.05, 0) is 42.0 Å². The summed E-state index contributed by atoms with van der Waals surface area (Å²) in [7, 11) is 0. The van der Waals surface area contributed by atoms with Crippen molar-refractivity contribution < 1.29 is 0 Å². The predicted octanol–water partition coefficient (Wildman–Crippen LogP) is 5.28. The first-order valence-electron chi connectivity index (χ1n) is 8.10. The van der Waals surface area contributed by atoms with E-state index in [0.717, 1.165) is 28.0 Å². The van der Waals surface area contributed by atoms with E-state index in [1.54, 1.807) is 24.2 Å². The van der Waals surface area contributed by atoms with Gasteiger partial charge in [-0.15, -0.1) is 10.2 Å². The Kier molecular flexibility index (Phi) is 5.00. The van der Waals surface area contributed by atoms with Crippen LogP contribution in [0.3, 0.4) is 0 Å². The molecule has 128 valence electrons. The summed E-state index contributed by atoms with van der Waals surface area (Å²) in [5.74, 6) is 1.61. The first-order valence-corrected chi connectivity index (χ1v) is 9.46. The van der Waals surface area contributed by atoms with E-state index < -0.39 is 0 Å². The van der Waals surface area contributed by atoms with Crippen molar-refractivity contribution in [3.05, 3.63) is 89.7 Å². The van der Waals surface area contributed by atoms with Gasteiger partial charge in [0.05, 0.1) is 0 Å². The fourth-order valence-electron chi connectivity index (χ4n) is 2.60. The maximum Gasteiger partial charge on any atom is 0.196 e. The van der Waals surface area contributed by atoms with Gasteiger partial charge in [-0.3, -0.25) is 9.55 Å². The van der Waals surface area contributed by atoms with Crippen molar-refractivity contribution in [1.29, 1.82) is 0 Å². The molecule has 0 unspecified atom stereocenters. The monoisotopic (exact) mass is 378 g/mol. The average Bonchev–Trinajstić information content (AvgIpc) is 3.12. The van der Waals surface area contributed by atoms with Gasteiger partial charge in [0.2, 0.25) is 0 Å². The van der Waals surface area contributed by atoms with Crippen LogP contribution in [0.4, 0.5) is 0 Å². The molecule has 2 aromatic heterocycles. The molecule has 0 N–H and O–H groups in total. The Morgan fingerprint density at radius 2 is 1.58 bits per heavy atom. The first kappa shape index (κ1) is 16.8. The molecule has 6 heteroatoms. The topological polar surface area (TPSA) is 43.6 Å². The van der Waals surface area contributed by atoms with E-state index in [-0.39, 0.29) is 0 Å². The summed E-state index contributed by atoms with van der Waals surface area (Å²) >= 11 is 7.71. The summed E-state index contributed by atoms with van der Waals surface area (Å²) in [6, 6.07) is 21.9. The largest absolute Gasteiger partial charge is 0.270 e. The number of benzene rings is 2. The quantitative estimate of drug-likeness (QED) is 0.443. The maximum absolute atomic E-state index is 6.06. The predicted molar refractivity (Wildman–Crippen MR) is 106 cm³/mol. The standard InChI is InChI=1S/C20H15ClN4S/c21-17-6-8-18(9-7-17)25-19(16-10-12-22-13-11-16)23-24-20(25)26-14-15-4-2-1-3-5-15/h1-13H,14H2. The van der Waals surface area contributed by atoms with E-state index in [1.807, 2.05) is 54.6 Å². The third-order valence-electron chi connectivity index (χ3n) is 3.87. The average molecular weight is 379 g/mol. The molecular weight excluding hydrogens is 364 g/mol. The van der Waals surface area contributed by atoms with Crippen molar-refractivity contribution in [3.63, 3.8) is 0 Å². The molecule has 0 aliphatic carbocycles. The summed E-state index contributed by atoms with van der Waals surface area (Å²) in [5.41, 5.74) is 3.18. The van der Waals surface area contributed by atoms with Crippen LogP contribution < -0.4 is 0 Å². The Balaban J connectivity index is 1.74. The van der Waals surface area contributed by atoms with Gasteiger partial charge in [0.25, 0.3) is 0 Å². The van der Waals surface area contributed by atoms with E-state index in [1.165, 1.54) is 5.56 Å². The van der Waals surface area contributed by atoms with E-state index in [4.69, 9.17) is 11.6 Å². The Morgan fingerprint density at radius 1 is 0.846 bits per heavy atom. The van der Waals surface area contributed by atoms with Gasteiger partial charge in [0, 0.05) is 34.4 Å². The van der Waals surface area contributed by atoms with Crippen LogP contribution in [0, 0.1) is 0 Å². The van der Waals surface area contributed by atoms with Crippen molar-refractivity contribution >= 4 is 23.4 Å². The molecule has 4 aromatic rings. The van der Waals surface area contributed by atoms with E-state index in [0.29, 0.717) is 5.02 Å². The highest BCUT2D eigenvalue weighted by atomic mass is 35.5. The highest BCUT2D eigenvalue weighted by Crippen LogP contribution is 2.30. The van der Waals surface area contributed by atoms with Crippen LogP contribution in [0.5, 0.6) is 0 Å². The summed E-state index contributed by atoms with van der Waals surface area (Å²) in [5, 5.41) is 10.4. The molecular formula is C20H15ClN4S. The SMILES string of the molecule is Clc1ccc(-n2c(SCc3ccccc3)nnc2-c2ccncc2)cc1.